The fraction of sp³-hybridized carbons (Fsp3) is 0.208. The summed E-state index contributed by atoms with van der Waals surface area (Å²) in [6.07, 6.45) is 7.42. The Morgan fingerprint density at radius 2 is 2.00 bits per heavy atom. The van der Waals surface area contributed by atoms with Crippen molar-refractivity contribution in [2.75, 3.05) is 13.1 Å². The predicted molar refractivity (Wildman–Crippen MR) is 116 cm³/mol. The summed E-state index contributed by atoms with van der Waals surface area (Å²) < 4.78 is 20.1. The Balaban J connectivity index is 1.49. The molecule has 1 saturated heterocycles. The summed E-state index contributed by atoms with van der Waals surface area (Å²) in [4.78, 5) is 12.3. The first-order chi connectivity index (χ1) is 15.2. The SMILES string of the molecule is N#Cc1ccc(-c2ccc3[nH]cc(-c4cncc(OC5CCCNC5)n4)c3c2)cc1F. The fourth-order valence-corrected chi connectivity index (χ4v) is 3.92. The van der Waals surface area contributed by atoms with Crippen LogP contribution in [0.15, 0.2) is 55.0 Å². The van der Waals surface area contributed by atoms with Crippen molar-refractivity contribution in [2.45, 2.75) is 18.9 Å². The van der Waals surface area contributed by atoms with Gasteiger partial charge in [0, 0.05) is 29.2 Å². The van der Waals surface area contributed by atoms with E-state index in [-0.39, 0.29) is 11.7 Å². The van der Waals surface area contributed by atoms with E-state index in [2.05, 4.69) is 20.3 Å². The number of halogens is 1. The number of rotatable bonds is 4. The van der Waals surface area contributed by atoms with Crippen LogP contribution in [0.2, 0.25) is 0 Å². The molecule has 1 aliphatic heterocycles. The third-order valence-electron chi connectivity index (χ3n) is 5.53. The number of nitrogens with zero attached hydrogens (tertiary/aromatic N) is 3. The van der Waals surface area contributed by atoms with Crippen molar-refractivity contribution in [3.63, 3.8) is 0 Å². The van der Waals surface area contributed by atoms with Gasteiger partial charge >= 0.3 is 0 Å². The van der Waals surface area contributed by atoms with Crippen LogP contribution >= 0.6 is 0 Å². The quantitative estimate of drug-likeness (QED) is 0.517. The highest BCUT2D eigenvalue weighted by Crippen LogP contribution is 2.32. The van der Waals surface area contributed by atoms with Gasteiger partial charge in [0.2, 0.25) is 5.88 Å². The minimum absolute atomic E-state index is 0.0346. The fourth-order valence-electron chi connectivity index (χ4n) is 3.92. The van der Waals surface area contributed by atoms with Gasteiger partial charge in [-0.05, 0) is 54.8 Å². The summed E-state index contributed by atoms with van der Waals surface area (Å²) in [5.74, 6) is -0.0202. The molecule has 1 unspecified atom stereocenters. The average Bonchev–Trinajstić information content (AvgIpc) is 3.23. The number of nitrogens with one attached hydrogen (secondary N) is 2. The second-order valence-corrected chi connectivity index (χ2v) is 7.60. The van der Waals surface area contributed by atoms with Crippen LogP contribution in [0, 0.1) is 17.1 Å². The minimum Gasteiger partial charge on any atom is -0.472 e. The lowest BCUT2D eigenvalue weighted by molar-refractivity contribution is 0.160. The molecule has 0 radical (unpaired) electrons. The first kappa shape index (κ1) is 19.2. The number of benzene rings is 2. The maximum absolute atomic E-state index is 14.1. The number of hydrogen-bond acceptors (Lipinski definition) is 5. The Morgan fingerprint density at radius 1 is 1.13 bits per heavy atom. The summed E-state index contributed by atoms with van der Waals surface area (Å²) in [6, 6.07) is 12.4. The molecule has 1 aliphatic rings. The molecule has 3 heterocycles. The maximum Gasteiger partial charge on any atom is 0.233 e. The highest BCUT2D eigenvalue weighted by molar-refractivity contribution is 5.97. The molecule has 2 aromatic heterocycles. The normalized spacial score (nSPS) is 16.2. The van der Waals surface area contributed by atoms with Crippen molar-refractivity contribution >= 4 is 10.9 Å². The molecule has 4 aromatic rings. The molecule has 31 heavy (non-hydrogen) atoms. The van der Waals surface area contributed by atoms with Gasteiger partial charge in [-0.25, -0.2) is 9.37 Å². The Kier molecular flexibility index (Phi) is 5.06. The van der Waals surface area contributed by atoms with E-state index in [0.717, 1.165) is 48.0 Å². The van der Waals surface area contributed by atoms with Gasteiger partial charge in [-0.15, -0.1) is 0 Å². The van der Waals surface area contributed by atoms with Gasteiger partial charge < -0.3 is 15.0 Å². The van der Waals surface area contributed by atoms with E-state index in [9.17, 15) is 4.39 Å². The molecule has 0 amide bonds. The van der Waals surface area contributed by atoms with Gasteiger partial charge in [-0.2, -0.15) is 5.26 Å². The minimum atomic E-state index is -0.526. The van der Waals surface area contributed by atoms with Crippen LogP contribution in [-0.4, -0.2) is 34.1 Å². The van der Waals surface area contributed by atoms with Crippen LogP contribution < -0.4 is 10.1 Å². The van der Waals surface area contributed by atoms with Crippen LogP contribution in [0.3, 0.4) is 0 Å². The van der Waals surface area contributed by atoms with Gasteiger partial charge in [0.05, 0.1) is 23.7 Å². The van der Waals surface area contributed by atoms with E-state index < -0.39 is 5.82 Å². The summed E-state index contributed by atoms with van der Waals surface area (Å²) in [5, 5.41) is 13.2. The summed E-state index contributed by atoms with van der Waals surface area (Å²) in [7, 11) is 0. The molecule has 7 heteroatoms. The topological polar surface area (TPSA) is 86.6 Å². The summed E-state index contributed by atoms with van der Waals surface area (Å²) in [6.45, 7) is 1.83. The largest absolute Gasteiger partial charge is 0.472 e. The lowest BCUT2D eigenvalue weighted by Crippen LogP contribution is -2.37. The third-order valence-corrected chi connectivity index (χ3v) is 5.53. The average molecular weight is 413 g/mol. The van der Waals surface area contributed by atoms with E-state index in [1.807, 2.05) is 30.5 Å². The molecule has 154 valence electrons. The Labute approximate surface area is 178 Å². The molecule has 1 atom stereocenters. The lowest BCUT2D eigenvalue weighted by atomic mass is 10.0. The number of piperidine rings is 1. The number of ether oxygens (including phenoxy) is 1. The number of fused-ring (bicyclic) bond motifs is 1. The monoisotopic (exact) mass is 413 g/mol. The van der Waals surface area contributed by atoms with Crippen molar-refractivity contribution in [1.82, 2.24) is 20.3 Å². The number of aromatic nitrogens is 3. The molecule has 0 aliphatic carbocycles. The van der Waals surface area contributed by atoms with Crippen molar-refractivity contribution in [2.24, 2.45) is 0 Å². The first-order valence-electron chi connectivity index (χ1n) is 10.2. The van der Waals surface area contributed by atoms with Crippen LogP contribution in [-0.2, 0) is 0 Å². The van der Waals surface area contributed by atoms with E-state index >= 15 is 0 Å². The molecule has 6 nitrogen and oxygen atoms in total. The van der Waals surface area contributed by atoms with E-state index in [4.69, 9.17) is 10.00 Å². The molecule has 0 spiro atoms. The van der Waals surface area contributed by atoms with Crippen LogP contribution in [0.4, 0.5) is 4.39 Å². The summed E-state index contributed by atoms with van der Waals surface area (Å²) in [5.41, 5.74) is 4.13. The van der Waals surface area contributed by atoms with Gasteiger partial charge in [0.1, 0.15) is 18.0 Å². The molecule has 1 fully saturated rings. The smallest absolute Gasteiger partial charge is 0.233 e. The zero-order chi connectivity index (χ0) is 21.2. The number of aromatic amines is 1. The van der Waals surface area contributed by atoms with Crippen molar-refractivity contribution in [1.29, 1.82) is 5.26 Å². The highest BCUT2D eigenvalue weighted by atomic mass is 19.1. The van der Waals surface area contributed by atoms with E-state index in [1.165, 1.54) is 12.1 Å². The number of hydrogen-bond donors (Lipinski definition) is 2. The molecule has 0 saturated carbocycles. The molecule has 5 rings (SSSR count). The molecule has 2 aromatic carbocycles. The van der Waals surface area contributed by atoms with Gasteiger partial charge in [-0.1, -0.05) is 12.1 Å². The van der Waals surface area contributed by atoms with E-state index in [0.29, 0.717) is 17.1 Å². The van der Waals surface area contributed by atoms with Crippen molar-refractivity contribution in [3.05, 3.63) is 66.4 Å². The summed E-state index contributed by atoms with van der Waals surface area (Å²) >= 11 is 0. The molecular formula is C24H20FN5O. The second kappa shape index (κ2) is 8.17. The highest BCUT2D eigenvalue weighted by Gasteiger charge is 2.16. The standard InChI is InChI=1S/C24H20FN5O/c25-21-9-16(3-4-17(21)10-26)15-5-6-22-19(8-15)20(12-29-22)23-13-28-14-24(30-23)31-18-2-1-7-27-11-18/h3-6,8-9,12-14,18,27,29H,1-2,7,11H2. The van der Waals surface area contributed by atoms with Gasteiger partial charge in [-0.3, -0.25) is 4.98 Å². The van der Waals surface area contributed by atoms with Crippen molar-refractivity contribution < 1.29 is 9.13 Å². The van der Waals surface area contributed by atoms with Crippen LogP contribution in [0.25, 0.3) is 33.3 Å². The van der Waals surface area contributed by atoms with Gasteiger partial charge in [0.15, 0.2) is 0 Å². The molecular weight excluding hydrogens is 393 g/mol. The number of H-pyrrole nitrogens is 1. The zero-order valence-corrected chi connectivity index (χ0v) is 16.7. The Hall–Kier alpha value is -3.76. The lowest BCUT2D eigenvalue weighted by Gasteiger charge is -2.23. The van der Waals surface area contributed by atoms with Gasteiger partial charge in [0.25, 0.3) is 0 Å². The third kappa shape index (κ3) is 3.86. The Bertz CT molecular complexity index is 1290. The van der Waals surface area contributed by atoms with Crippen molar-refractivity contribution in [3.8, 4) is 34.3 Å². The predicted octanol–water partition coefficient (Wildman–Crippen LogP) is 4.43. The van der Waals surface area contributed by atoms with Crippen LogP contribution in [0.5, 0.6) is 5.88 Å². The first-order valence-corrected chi connectivity index (χ1v) is 10.2. The van der Waals surface area contributed by atoms with Crippen LogP contribution in [0.1, 0.15) is 18.4 Å². The molecule has 0 bridgehead atoms. The maximum atomic E-state index is 14.1. The molecule has 2 N–H and O–H groups in total. The Morgan fingerprint density at radius 3 is 2.81 bits per heavy atom. The second-order valence-electron chi connectivity index (χ2n) is 7.60. The number of nitriles is 1. The van der Waals surface area contributed by atoms with E-state index in [1.54, 1.807) is 18.5 Å². The zero-order valence-electron chi connectivity index (χ0n) is 16.7.